The number of halogens is 1. The van der Waals surface area contributed by atoms with Gasteiger partial charge in [0.25, 0.3) is 5.56 Å². The SMILES string of the molecule is O=c1[nH]c(=O)n(-c2cccc(Cl)c2)c(O)c1/C=N/Nc1cccc2ccccc12. The van der Waals surface area contributed by atoms with Crippen molar-refractivity contribution in [2.24, 2.45) is 5.10 Å². The topological polar surface area (TPSA) is 99.5 Å². The third kappa shape index (κ3) is 3.63. The van der Waals surface area contributed by atoms with Crippen LogP contribution in [0.1, 0.15) is 5.56 Å². The first-order valence-electron chi connectivity index (χ1n) is 8.65. The molecule has 8 heteroatoms. The number of aromatic hydroxyl groups is 1. The van der Waals surface area contributed by atoms with Gasteiger partial charge in [-0.3, -0.25) is 15.2 Å². The zero-order valence-corrected chi connectivity index (χ0v) is 15.7. The van der Waals surface area contributed by atoms with Crippen molar-refractivity contribution in [2.45, 2.75) is 0 Å². The lowest BCUT2D eigenvalue weighted by molar-refractivity contribution is 0.430. The maximum atomic E-state index is 12.2. The molecule has 4 rings (SSSR count). The molecule has 0 bridgehead atoms. The second-order valence-electron chi connectivity index (χ2n) is 6.21. The third-order valence-corrected chi connectivity index (χ3v) is 4.59. The molecule has 0 saturated carbocycles. The van der Waals surface area contributed by atoms with Gasteiger partial charge in [0.05, 0.1) is 17.6 Å². The number of H-pyrrole nitrogens is 1. The van der Waals surface area contributed by atoms with E-state index in [1.54, 1.807) is 18.2 Å². The highest BCUT2D eigenvalue weighted by Gasteiger charge is 2.14. The molecule has 1 aromatic heterocycles. The van der Waals surface area contributed by atoms with E-state index in [-0.39, 0.29) is 5.56 Å². The summed E-state index contributed by atoms with van der Waals surface area (Å²) >= 11 is 5.96. The predicted octanol–water partition coefficient (Wildman–Crippen LogP) is 3.48. The van der Waals surface area contributed by atoms with Gasteiger partial charge in [0.2, 0.25) is 5.88 Å². The number of aromatic nitrogens is 2. The van der Waals surface area contributed by atoms with E-state index in [0.29, 0.717) is 10.7 Å². The Bertz CT molecular complexity index is 1350. The quantitative estimate of drug-likeness (QED) is 0.357. The largest absolute Gasteiger partial charge is 0.493 e. The molecule has 3 N–H and O–H groups in total. The highest BCUT2D eigenvalue weighted by atomic mass is 35.5. The summed E-state index contributed by atoms with van der Waals surface area (Å²) in [5.41, 5.74) is 2.21. The minimum absolute atomic E-state index is 0.169. The van der Waals surface area contributed by atoms with Crippen LogP contribution in [0.3, 0.4) is 0 Å². The number of fused-ring (bicyclic) bond motifs is 1. The zero-order valence-electron chi connectivity index (χ0n) is 15.0. The van der Waals surface area contributed by atoms with Crippen molar-refractivity contribution >= 4 is 34.3 Å². The molecule has 29 heavy (non-hydrogen) atoms. The van der Waals surface area contributed by atoms with Crippen LogP contribution in [0, 0.1) is 0 Å². The van der Waals surface area contributed by atoms with Gasteiger partial charge in [0.1, 0.15) is 5.56 Å². The molecular formula is C21H15ClN4O3. The van der Waals surface area contributed by atoms with Gasteiger partial charge >= 0.3 is 5.69 Å². The molecule has 7 nitrogen and oxygen atoms in total. The van der Waals surface area contributed by atoms with E-state index in [2.05, 4.69) is 15.5 Å². The average molecular weight is 407 g/mol. The van der Waals surface area contributed by atoms with Crippen molar-refractivity contribution in [3.05, 3.63) is 98.2 Å². The molecule has 0 aliphatic rings. The van der Waals surface area contributed by atoms with Crippen molar-refractivity contribution in [3.63, 3.8) is 0 Å². The first-order valence-corrected chi connectivity index (χ1v) is 9.03. The van der Waals surface area contributed by atoms with E-state index in [4.69, 9.17) is 11.6 Å². The van der Waals surface area contributed by atoms with Crippen molar-refractivity contribution in [2.75, 3.05) is 5.43 Å². The van der Waals surface area contributed by atoms with Gasteiger partial charge in [-0.2, -0.15) is 5.10 Å². The summed E-state index contributed by atoms with van der Waals surface area (Å²) in [6.45, 7) is 0. The van der Waals surface area contributed by atoms with Crippen LogP contribution in [0.15, 0.2) is 81.4 Å². The van der Waals surface area contributed by atoms with Crippen LogP contribution in [-0.4, -0.2) is 20.9 Å². The molecule has 0 aliphatic carbocycles. The lowest BCUT2D eigenvalue weighted by Gasteiger charge is -2.10. The van der Waals surface area contributed by atoms with E-state index in [9.17, 15) is 14.7 Å². The number of nitrogens with zero attached hydrogens (tertiary/aromatic N) is 2. The lowest BCUT2D eigenvalue weighted by Crippen LogP contribution is -2.31. The van der Waals surface area contributed by atoms with Gasteiger partial charge in [0.15, 0.2) is 0 Å². The summed E-state index contributed by atoms with van der Waals surface area (Å²) in [6, 6.07) is 19.8. The molecule has 0 aliphatic heterocycles. The molecule has 0 saturated heterocycles. The Morgan fingerprint density at radius 3 is 2.62 bits per heavy atom. The van der Waals surface area contributed by atoms with Gasteiger partial charge in [-0.05, 0) is 29.7 Å². The molecule has 0 radical (unpaired) electrons. The van der Waals surface area contributed by atoms with E-state index in [1.807, 2.05) is 42.5 Å². The second-order valence-corrected chi connectivity index (χ2v) is 6.64. The number of hydrogen-bond acceptors (Lipinski definition) is 5. The molecular weight excluding hydrogens is 392 g/mol. The Kier molecular flexibility index (Phi) is 4.88. The number of aromatic amines is 1. The maximum Gasteiger partial charge on any atom is 0.335 e. The smallest absolute Gasteiger partial charge is 0.335 e. The summed E-state index contributed by atoms with van der Waals surface area (Å²) in [6.07, 6.45) is 1.16. The number of hydrogen-bond donors (Lipinski definition) is 3. The molecule has 144 valence electrons. The highest BCUT2D eigenvalue weighted by molar-refractivity contribution is 6.30. The summed E-state index contributed by atoms with van der Waals surface area (Å²) in [4.78, 5) is 26.6. The van der Waals surface area contributed by atoms with Crippen LogP contribution in [-0.2, 0) is 0 Å². The Hall–Kier alpha value is -3.84. The lowest BCUT2D eigenvalue weighted by atomic mass is 10.1. The number of benzene rings is 3. The molecule has 0 amide bonds. The van der Waals surface area contributed by atoms with Crippen molar-refractivity contribution in [1.29, 1.82) is 0 Å². The van der Waals surface area contributed by atoms with Gasteiger partial charge in [-0.15, -0.1) is 0 Å². The molecule has 0 spiro atoms. The number of rotatable bonds is 4. The summed E-state index contributed by atoms with van der Waals surface area (Å²) in [5.74, 6) is -0.538. The highest BCUT2D eigenvalue weighted by Crippen LogP contribution is 2.23. The third-order valence-electron chi connectivity index (χ3n) is 4.36. The molecule has 4 aromatic rings. The minimum Gasteiger partial charge on any atom is -0.493 e. The van der Waals surface area contributed by atoms with E-state index in [1.165, 1.54) is 6.07 Å². The Balaban J connectivity index is 1.73. The Labute approximate surface area is 169 Å². The van der Waals surface area contributed by atoms with E-state index >= 15 is 0 Å². The van der Waals surface area contributed by atoms with Crippen LogP contribution >= 0.6 is 11.6 Å². The summed E-state index contributed by atoms with van der Waals surface area (Å²) < 4.78 is 0.951. The fourth-order valence-electron chi connectivity index (χ4n) is 3.00. The molecule has 0 atom stereocenters. The number of nitrogens with one attached hydrogen (secondary N) is 2. The Morgan fingerprint density at radius 1 is 1.03 bits per heavy atom. The maximum absolute atomic E-state index is 12.2. The van der Waals surface area contributed by atoms with Crippen LogP contribution < -0.4 is 16.7 Å². The summed E-state index contributed by atoms with van der Waals surface area (Å²) in [5, 5.41) is 17.0. The first kappa shape index (κ1) is 18.5. The van der Waals surface area contributed by atoms with E-state index in [0.717, 1.165) is 27.2 Å². The second kappa shape index (κ2) is 7.65. The van der Waals surface area contributed by atoms with E-state index < -0.39 is 17.1 Å². The first-order chi connectivity index (χ1) is 14.0. The Morgan fingerprint density at radius 2 is 1.79 bits per heavy atom. The zero-order chi connectivity index (χ0) is 20.4. The molecule has 0 fully saturated rings. The van der Waals surface area contributed by atoms with Crippen molar-refractivity contribution < 1.29 is 5.11 Å². The van der Waals surface area contributed by atoms with Gasteiger partial charge < -0.3 is 5.11 Å². The van der Waals surface area contributed by atoms with Crippen LogP contribution in [0.25, 0.3) is 16.5 Å². The minimum atomic E-state index is -0.783. The predicted molar refractivity (Wildman–Crippen MR) is 114 cm³/mol. The summed E-state index contributed by atoms with van der Waals surface area (Å²) in [7, 11) is 0. The molecule has 3 aromatic carbocycles. The molecule has 1 heterocycles. The van der Waals surface area contributed by atoms with Gasteiger partial charge in [-0.25, -0.2) is 9.36 Å². The van der Waals surface area contributed by atoms with Crippen LogP contribution in [0.4, 0.5) is 5.69 Å². The van der Waals surface area contributed by atoms with Crippen LogP contribution in [0.5, 0.6) is 5.88 Å². The molecule has 0 unspecified atom stereocenters. The average Bonchev–Trinajstić information content (AvgIpc) is 2.70. The number of anilines is 1. The fraction of sp³-hybridized carbons (Fsp3) is 0. The van der Waals surface area contributed by atoms with Crippen molar-refractivity contribution in [1.82, 2.24) is 9.55 Å². The fourth-order valence-corrected chi connectivity index (χ4v) is 3.18. The van der Waals surface area contributed by atoms with Gasteiger partial charge in [-0.1, -0.05) is 54.1 Å². The monoisotopic (exact) mass is 406 g/mol. The number of hydrazone groups is 1. The normalized spacial score (nSPS) is 11.2. The van der Waals surface area contributed by atoms with Gasteiger partial charge in [0, 0.05) is 10.4 Å². The van der Waals surface area contributed by atoms with Crippen LogP contribution in [0.2, 0.25) is 5.02 Å². The standard InChI is InChI=1S/C21H15ClN4O3/c22-14-7-4-8-15(11-14)26-20(28)17(19(27)24-21(26)29)12-23-25-18-10-3-6-13-5-1-2-9-16(13)18/h1-12,25,28H,(H,24,27,29)/b23-12+. The van der Waals surface area contributed by atoms with Crippen molar-refractivity contribution in [3.8, 4) is 11.6 Å².